The van der Waals surface area contributed by atoms with Crippen LogP contribution in [0.3, 0.4) is 0 Å². The van der Waals surface area contributed by atoms with Crippen molar-refractivity contribution in [2.45, 2.75) is 31.2 Å². The summed E-state index contributed by atoms with van der Waals surface area (Å²) in [4.78, 5) is 12.2. The number of ether oxygens (including phenoxy) is 1. The Morgan fingerprint density at radius 2 is 1.72 bits per heavy atom. The zero-order chi connectivity index (χ0) is 17.2. The molecule has 2 aliphatic rings. The van der Waals surface area contributed by atoms with E-state index in [1.165, 1.54) is 28.7 Å². The Bertz CT molecular complexity index is 786. The monoisotopic (exact) mass is 331 g/mol. The number of alkyl carbamates (subject to hydrolysis) is 1. The quantitative estimate of drug-likeness (QED) is 0.847. The zero-order valence-electron chi connectivity index (χ0n) is 14.1. The molecule has 0 aliphatic heterocycles. The molecule has 0 saturated heterocycles. The van der Waals surface area contributed by atoms with Gasteiger partial charge in [-0.15, -0.1) is 6.42 Å². The van der Waals surface area contributed by atoms with E-state index in [4.69, 9.17) is 11.2 Å². The molecule has 2 aliphatic carbocycles. The molecule has 126 valence electrons. The van der Waals surface area contributed by atoms with Crippen LogP contribution >= 0.6 is 0 Å². The average molecular weight is 331 g/mol. The number of rotatable bonds is 4. The molecule has 1 amide bonds. The second-order valence-electron chi connectivity index (χ2n) is 6.81. The fourth-order valence-electron chi connectivity index (χ4n) is 3.84. The van der Waals surface area contributed by atoms with Crippen LogP contribution < -0.4 is 5.32 Å². The first-order chi connectivity index (χ1) is 12.3. The first kappa shape index (κ1) is 15.8. The molecule has 4 rings (SSSR count). The topological polar surface area (TPSA) is 38.3 Å². The lowest BCUT2D eigenvalue weighted by Crippen LogP contribution is -2.42. The molecule has 0 spiro atoms. The Labute approximate surface area is 148 Å². The fraction of sp³-hybridized carbons (Fsp3) is 0.318. The van der Waals surface area contributed by atoms with Crippen LogP contribution in [-0.2, 0) is 4.74 Å². The first-order valence-corrected chi connectivity index (χ1v) is 8.85. The molecule has 0 bridgehead atoms. The summed E-state index contributed by atoms with van der Waals surface area (Å²) in [6.07, 6.45) is 8.49. The van der Waals surface area contributed by atoms with E-state index in [9.17, 15) is 4.79 Å². The van der Waals surface area contributed by atoms with Gasteiger partial charge in [0.05, 0.1) is 6.04 Å². The third kappa shape index (κ3) is 2.89. The van der Waals surface area contributed by atoms with Crippen molar-refractivity contribution >= 4 is 6.09 Å². The normalized spacial score (nSPS) is 16.9. The van der Waals surface area contributed by atoms with Crippen LogP contribution in [0.1, 0.15) is 36.3 Å². The van der Waals surface area contributed by atoms with Gasteiger partial charge in [-0.1, -0.05) is 60.9 Å². The number of hydrogen-bond acceptors (Lipinski definition) is 2. The van der Waals surface area contributed by atoms with Crippen molar-refractivity contribution in [3.8, 4) is 23.5 Å². The van der Waals surface area contributed by atoms with Crippen LogP contribution in [0, 0.1) is 18.3 Å². The number of terminal acetylenes is 1. The number of carbonyl (C=O) groups is 1. The smallest absolute Gasteiger partial charge is 0.408 e. The van der Waals surface area contributed by atoms with Gasteiger partial charge < -0.3 is 10.1 Å². The fourth-order valence-corrected chi connectivity index (χ4v) is 3.84. The van der Waals surface area contributed by atoms with E-state index >= 15 is 0 Å². The van der Waals surface area contributed by atoms with Crippen molar-refractivity contribution in [2.75, 3.05) is 6.61 Å². The minimum absolute atomic E-state index is 0.0751. The van der Waals surface area contributed by atoms with E-state index < -0.39 is 6.09 Å². The van der Waals surface area contributed by atoms with E-state index in [2.05, 4.69) is 35.5 Å². The Morgan fingerprint density at radius 3 is 2.24 bits per heavy atom. The van der Waals surface area contributed by atoms with Gasteiger partial charge in [0.15, 0.2) is 0 Å². The molecule has 2 aromatic carbocycles. The molecule has 0 aromatic heterocycles. The van der Waals surface area contributed by atoms with Crippen LogP contribution in [0.25, 0.3) is 11.1 Å². The lowest BCUT2D eigenvalue weighted by molar-refractivity contribution is 0.134. The van der Waals surface area contributed by atoms with Crippen molar-refractivity contribution in [3.05, 3.63) is 59.7 Å². The Morgan fingerprint density at radius 1 is 1.12 bits per heavy atom. The summed E-state index contributed by atoms with van der Waals surface area (Å²) >= 11 is 0. The average Bonchev–Trinajstić information content (AvgIpc) is 2.92. The summed E-state index contributed by atoms with van der Waals surface area (Å²) in [6.45, 7) is 0.321. The largest absolute Gasteiger partial charge is 0.449 e. The van der Waals surface area contributed by atoms with Gasteiger partial charge in [-0.25, -0.2) is 4.79 Å². The summed E-state index contributed by atoms with van der Waals surface area (Å²) in [5.41, 5.74) is 4.87. The van der Waals surface area contributed by atoms with Crippen molar-refractivity contribution in [3.63, 3.8) is 0 Å². The molecule has 1 fully saturated rings. The molecule has 25 heavy (non-hydrogen) atoms. The standard InChI is InChI=1S/C22H21NO2/c1-2-21(15-8-7-9-15)23-22(24)25-14-20-18-12-5-3-10-16(18)17-11-4-6-13-19(17)20/h1,3-6,10-13,15,20-21H,7-9,14H2,(H,23,24)/t21-/m1/s1. The molecule has 0 radical (unpaired) electrons. The SMILES string of the molecule is C#C[C@@H](NC(=O)OCC1c2ccccc2-c2ccccc21)C1CCC1. The second kappa shape index (κ2) is 6.64. The summed E-state index contributed by atoms with van der Waals surface area (Å²) in [7, 11) is 0. The number of fused-ring (bicyclic) bond motifs is 3. The molecular formula is C22H21NO2. The van der Waals surface area contributed by atoms with Gasteiger partial charge in [-0.05, 0) is 41.0 Å². The summed E-state index contributed by atoms with van der Waals surface area (Å²) in [5, 5.41) is 2.84. The first-order valence-electron chi connectivity index (χ1n) is 8.85. The third-order valence-corrected chi connectivity index (χ3v) is 5.42. The van der Waals surface area contributed by atoms with Gasteiger partial charge in [-0.3, -0.25) is 0 Å². The molecule has 3 nitrogen and oxygen atoms in total. The van der Waals surface area contributed by atoms with Gasteiger partial charge in [0, 0.05) is 5.92 Å². The van der Waals surface area contributed by atoms with Crippen LogP contribution in [0.5, 0.6) is 0 Å². The maximum atomic E-state index is 12.2. The van der Waals surface area contributed by atoms with E-state index in [1.807, 2.05) is 24.3 Å². The highest BCUT2D eigenvalue weighted by molar-refractivity contribution is 5.79. The number of hydrogen-bond donors (Lipinski definition) is 1. The third-order valence-electron chi connectivity index (χ3n) is 5.42. The van der Waals surface area contributed by atoms with Gasteiger partial charge in [0.1, 0.15) is 6.61 Å². The molecule has 1 atom stereocenters. The Hall–Kier alpha value is -2.73. The highest BCUT2D eigenvalue weighted by Gasteiger charge is 2.30. The highest BCUT2D eigenvalue weighted by atomic mass is 16.5. The minimum Gasteiger partial charge on any atom is -0.449 e. The van der Waals surface area contributed by atoms with E-state index in [1.54, 1.807) is 0 Å². The van der Waals surface area contributed by atoms with Crippen LogP contribution in [0.2, 0.25) is 0 Å². The molecule has 3 heteroatoms. The molecule has 0 heterocycles. The Balaban J connectivity index is 1.46. The summed E-state index contributed by atoms with van der Waals surface area (Å²) < 4.78 is 5.55. The van der Waals surface area contributed by atoms with Crippen molar-refractivity contribution in [1.82, 2.24) is 5.32 Å². The summed E-state index contributed by atoms with van der Waals surface area (Å²) in [6, 6.07) is 16.4. The summed E-state index contributed by atoms with van der Waals surface area (Å²) in [5.74, 6) is 3.15. The molecule has 1 N–H and O–H groups in total. The lowest BCUT2D eigenvalue weighted by atomic mass is 9.80. The maximum Gasteiger partial charge on any atom is 0.408 e. The number of benzene rings is 2. The van der Waals surface area contributed by atoms with Crippen molar-refractivity contribution < 1.29 is 9.53 Å². The molecular weight excluding hydrogens is 310 g/mol. The van der Waals surface area contributed by atoms with Gasteiger partial charge in [0.2, 0.25) is 0 Å². The van der Waals surface area contributed by atoms with Crippen molar-refractivity contribution in [1.29, 1.82) is 0 Å². The molecule has 1 saturated carbocycles. The Kier molecular flexibility index (Phi) is 4.19. The lowest BCUT2D eigenvalue weighted by Gasteiger charge is -2.30. The molecule has 0 unspecified atom stereocenters. The predicted molar refractivity (Wildman–Crippen MR) is 98.2 cm³/mol. The van der Waals surface area contributed by atoms with E-state index in [-0.39, 0.29) is 12.0 Å². The van der Waals surface area contributed by atoms with Gasteiger partial charge >= 0.3 is 6.09 Å². The predicted octanol–water partition coefficient (Wildman–Crippen LogP) is 4.33. The van der Waals surface area contributed by atoms with Crippen LogP contribution in [-0.4, -0.2) is 18.7 Å². The minimum atomic E-state index is -0.420. The van der Waals surface area contributed by atoms with E-state index in [0.717, 1.165) is 12.8 Å². The number of amides is 1. The van der Waals surface area contributed by atoms with Gasteiger partial charge in [0.25, 0.3) is 0 Å². The maximum absolute atomic E-state index is 12.2. The van der Waals surface area contributed by atoms with E-state index in [0.29, 0.717) is 12.5 Å². The van der Waals surface area contributed by atoms with Crippen molar-refractivity contribution in [2.24, 2.45) is 5.92 Å². The highest BCUT2D eigenvalue weighted by Crippen LogP contribution is 2.44. The van der Waals surface area contributed by atoms with Crippen LogP contribution in [0.4, 0.5) is 4.79 Å². The number of carbonyl (C=O) groups excluding carboxylic acids is 1. The second-order valence-corrected chi connectivity index (χ2v) is 6.81. The molecule has 2 aromatic rings. The van der Waals surface area contributed by atoms with Crippen LogP contribution in [0.15, 0.2) is 48.5 Å². The van der Waals surface area contributed by atoms with Gasteiger partial charge in [-0.2, -0.15) is 0 Å². The number of nitrogens with one attached hydrogen (secondary N) is 1. The zero-order valence-corrected chi connectivity index (χ0v) is 14.1.